The molecule has 2 heterocycles. The van der Waals surface area contributed by atoms with Gasteiger partial charge in [-0.3, -0.25) is 8.89 Å². The fourth-order valence-electron chi connectivity index (χ4n) is 1.62. The minimum atomic E-state index is -0.663. The maximum absolute atomic E-state index is 11.4. The van der Waals surface area contributed by atoms with E-state index in [0.29, 0.717) is 0 Å². The van der Waals surface area contributed by atoms with Crippen molar-refractivity contribution in [2.24, 2.45) is 0 Å². The average Bonchev–Trinajstić information content (AvgIpc) is 2.66. The van der Waals surface area contributed by atoms with Crippen LogP contribution in [0.4, 0.5) is 0 Å². The number of aryl methyl sites for hydroxylation is 1. The Labute approximate surface area is 98.3 Å². The minimum Gasteiger partial charge on any atom is -0.308 e. The van der Waals surface area contributed by atoms with Crippen LogP contribution >= 0.6 is 12.4 Å². The molecule has 1 fully saturated rings. The van der Waals surface area contributed by atoms with Crippen LogP contribution in [-0.4, -0.2) is 32.0 Å². The zero-order valence-electron chi connectivity index (χ0n) is 8.68. The highest BCUT2D eigenvalue weighted by atomic mass is 35.5. The monoisotopic (exact) mass is 249 g/mol. The molecule has 0 radical (unpaired) electrons. The summed E-state index contributed by atoms with van der Waals surface area (Å²) in [5, 5.41) is 7.57. The van der Waals surface area contributed by atoms with E-state index in [1.54, 1.807) is 0 Å². The number of halogens is 1. The Hall–Kier alpha value is -0.390. The van der Waals surface area contributed by atoms with Crippen LogP contribution in [0.3, 0.4) is 0 Å². The van der Waals surface area contributed by atoms with Crippen molar-refractivity contribution in [1.82, 2.24) is 15.1 Å². The molecule has 86 valence electrons. The van der Waals surface area contributed by atoms with Gasteiger partial charge in [0, 0.05) is 53.2 Å². The van der Waals surface area contributed by atoms with Gasteiger partial charge in [0.2, 0.25) is 0 Å². The zero-order valence-corrected chi connectivity index (χ0v) is 10.3. The second-order valence-electron chi connectivity index (χ2n) is 3.45. The number of hydrogen-bond acceptors (Lipinski definition) is 3. The number of aromatic nitrogens is 2. The van der Waals surface area contributed by atoms with Gasteiger partial charge in [-0.25, -0.2) is 0 Å². The fraction of sp³-hybridized carbons (Fsp3) is 0.667. The van der Waals surface area contributed by atoms with Crippen molar-refractivity contribution in [2.75, 3.05) is 18.1 Å². The molecule has 0 aromatic carbocycles. The summed E-state index contributed by atoms with van der Waals surface area (Å²) in [5.41, 5.74) is 1.15. The second kappa shape index (κ2) is 5.63. The fourth-order valence-corrected chi connectivity index (χ4v) is 2.82. The van der Waals surface area contributed by atoms with E-state index in [2.05, 4.69) is 17.3 Å². The maximum Gasteiger partial charge on any atom is 0.0537 e. The van der Waals surface area contributed by atoms with E-state index in [1.807, 2.05) is 17.1 Å². The molecule has 0 saturated carbocycles. The molecule has 1 aliphatic heterocycles. The first kappa shape index (κ1) is 12.7. The first-order valence-corrected chi connectivity index (χ1v) is 6.39. The summed E-state index contributed by atoms with van der Waals surface area (Å²) in [6, 6.07) is 0.227. The van der Waals surface area contributed by atoms with Gasteiger partial charge in [0.05, 0.1) is 6.20 Å². The average molecular weight is 250 g/mol. The van der Waals surface area contributed by atoms with Gasteiger partial charge in [-0.2, -0.15) is 5.10 Å². The van der Waals surface area contributed by atoms with E-state index in [9.17, 15) is 4.21 Å². The molecule has 1 aliphatic rings. The van der Waals surface area contributed by atoms with Crippen LogP contribution in [0.2, 0.25) is 0 Å². The predicted octanol–water partition coefficient (Wildman–Crippen LogP) is 0.718. The van der Waals surface area contributed by atoms with Crippen LogP contribution < -0.4 is 5.32 Å². The quantitative estimate of drug-likeness (QED) is 0.840. The summed E-state index contributed by atoms with van der Waals surface area (Å²) in [6.07, 6.45) is 3.89. The predicted molar refractivity (Wildman–Crippen MR) is 63.8 cm³/mol. The highest BCUT2D eigenvalue weighted by molar-refractivity contribution is 7.85. The van der Waals surface area contributed by atoms with Crippen molar-refractivity contribution in [3.63, 3.8) is 0 Å². The molecule has 0 amide bonds. The number of nitrogens with one attached hydrogen (secondary N) is 1. The molecule has 0 aliphatic carbocycles. The summed E-state index contributed by atoms with van der Waals surface area (Å²) in [6.45, 7) is 3.79. The van der Waals surface area contributed by atoms with Gasteiger partial charge in [-0.15, -0.1) is 12.4 Å². The van der Waals surface area contributed by atoms with Gasteiger partial charge in [0.1, 0.15) is 0 Å². The number of nitrogens with zero attached hydrogens (tertiary/aromatic N) is 2. The molecule has 1 N–H and O–H groups in total. The zero-order chi connectivity index (χ0) is 9.97. The lowest BCUT2D eigenvalue weighted by atomic mass is 10.2. The molecule has 2 rings (SSSR count). The van der Waals surface area contributed by atoms with Crippen molar-refractivity contribution in [1.29, 1.82) is 0 Å². The number of hydrogen-bond donors (Lipinski definition) is 1. The van der Waals surface area contributed by atoms with Crippen molar-refractivity contribution >= 4 is 23.2 Å². The van der Waals surface area contributed by atoms with Crippen molar-refractivity contribution in [3.05, 3.63) is 18.0 Å². The van der Waals surface area contributed by atoms with E-state index in [1.165, 1.54) is 0 Å². The van der Waals surface area contributed by atoms with Crippen molar-refractivity contribution in [2.45, 2.75) is 19.5 Å². The lowest BCUT2D eigenvalue weighted by molar-refractivity contribution is 0.570. The largest absolute Gasteiger partial charge is 0.308 e. The van der Waals surface area contributed by atoms with Gasteiger partial charge in [0.25, 0.3) is 0 Å². The van der Waals surface area contributed by atoms with E-state index in [0.717, 1.165) is 30.2 Å². The lowest BCUT2D eigenvalue weighted by Gasteiger charge is -2.21. The molecule has 0 spiro atoms. The summed E-state index contributed by atoms with van der Waals surface area (Å²) >= 11 is 0. The van der Waals surface area contributed by atoms with E-state index < -0.39 is 10.8 Å². The van der Waals surface area contributed by atoms with Crippen LogP contribution in [-0.2, 0) is 17.3 Å². The van der Waals surface area contributed by atoms with Gasteiger partial charge < -0.3 is 5.32 Å². The molecule has 6 heteroatoms. The SMILES string of the molecule is CCn1cc(C2CS(=O)CCN2)cn1.Cl. The Morgan fingerprint density at radius 2 is 2.53 bits per heavy atom. The van der Waals surface area contributed by atoms with E-state index >= 15 is 0 Å². The first-order valence-electron chi connectivity index (χ1n) is 4.90. The molecule has 1 saturated heterocycles. The second-order valence-corrected chi connectivity index (χ2v) is 5.07. The summed E-state index contributed by atoms with van der Waals surface area (Å²) in [5.74, 6) is 1.49. The minimum absolute atomic E-state index is 0. The van der Waals surface area contributed by atoms with Crippen LogP contribution in [0.15, 0.2) is 12.4 Å². The topological polar surface area (TPSA) is 46.9 Å². The Kier molecular flexibility index (Phi) is 4.76. The highest BCUT2D eigenvalue weighted by Gasteiger charge is 2.20. The molecular weight excluding hydrogens is 234 g/mol. The molecule has 2 atom stereocenters. The third-order valence-electron chi connectivity index (χ3n) is 2.45. The summed E-state index contributed by atoms with van der Waals surface area (Å²) < 4.78 is 13.3. The van der Waals surface area contributed by atoms with E-state index in [4.69, 9.17) is 0 Å². The Balaban J connectivity index is 0.00000112. The molecular formula is C9H16ClN3OS. The van der Waals surface area contributed by atoms with Crippen LogP contribution in [0.25, 0.3) is 0 Å². The Morgan fingerprint density at radius 1 is 1.73 bits per heavy atom. The third-order valence-corrected chi connectivity index (χ3v) is 3.82. The molecule has 1 aromatic heterocycles. The molecule has 1 aromatic rings. The standard InChI is InChI=1S/C9H15N3OS.ClH/c1-2-12-6-8(5-11-12)9-7-14(13)4-3-10-9;/h5-6,9-10H,2-4,7H2,1H3;1H. The maximum atomic E-state index is 11.4. The van der Waals surface area contributed by atoms with Gasteiger partial charge in [-0.05, 0) is 6.92 Å². The summed E-state index contributed by atoms with van der Waals surface area (Å²) in [4.78, 5) is 0. The smallest absolute Gasteiger partial charge is 0.0537 e. The lowest BCUT2D eigenvalue weighted by Crippen LogP contribution is -2.36. The van der Waals surface area contributed by atoms with Crippen LogP contribution in [0, 0.1) is 0 Å². The Bertz CT molecular complexity index is 342. The first-order chi connectivity index (χ1) is 6.79. The van der Waals surface area contributed by atoms with E-state index in [-0.39, 0.29) is 18.4 Å². The normalized spacial score (nSPS) is 25.9. The van der Waals surface area contributed by atoms with Crippen molar-refractivity contribution in [3.8, 4) is 0 Å². The Morgan fingerprint density at radius 3 is 3.13 bits per heavy atom. The van der Waals surface area contributed by atoms with Gasteiger partial charge in [0.15, 0.2) is 0 Å². The van der Waals surface area contributed by atoms with Crippen LogP contribution in [0.1, 0.15) is 18.5 Å². The van der Waals surface area contributed by atoms with Gasteiger partial charge in [-0.1, -0.05) is 0 Å². The van der Waals surface area contributed by atoms with Crippen molar-refractivity contribution < 1.29 is 4.21 Å². The third kappa shape index (κ3) is 3.03. The summed E-state index contributed by atoms with van der Waals surface area (Å²) in [7, 11) is -0.663. The van der Waals surface area contributed by atoms with Gasteiger partial charge >= 0.3 is 0 Å². The molecule has 4 nitrogen and oxygen atoms in total. The molecule has 2 unspecified atom stereocenters. The number of rotatable bonds is 2. The molecule has 0 bridgehead atoms. The molecule has 15 heavy (non-hydrogen) atoms. The van der Waals surface area contributed by atoms with Crippen LogP contribution in [0.5, 0.6) is 0 Å². The highest BCUT2D eigenvalue weighted by Crippen LogP contribution is 2.15.